The number of hydrogen-bond donors (Lipinski definition) is 1. The van der Waals surface area contributed by atoms with E-state index in [4.69, 9.17) is 4.74 Å². The summed E-state index contributed by atoms with van der Waals surface area (Å²) in [6.45, 7) is 5.32. The maximum absolute atomic E-state index is 13.9. The molecule has 0 radical (unpaired) electrons. The third-order valence-corrected chi connectivity index (χ3v) is 6.92. The standard InChI is InChI=1S/C19H25FN2O3S2/c1-2-25-19-4-3-17(11-18(19)20)27(23,24)21-12-15-5-8-22(9-6-15)13-16-7-10-26-14-16/h3-4,7,10-11,14-15,21H,2,5-6,8-9,12-13H2,1H3. The number of thiophene rings is 1. The average molecular weight is 413 g/mol. The van der Waals surface area contributed by atoms with Gasteiger partial charge in [0.15, 0.2) is 11.6 Å². The highest BCUT2D eigenvalue weighted by Crippen LogP contribution is 2.23. The highest BCUT2D eigenvalue weighted by Gasteiger charge is 2.23. The molecule has 1 aromatic carbocycles. The van der Waals surface area contributed by atoms with Crippen molar-refractivity contribution in [2.24, 2.45) is 5.92 Å². The van der Waals surface area contributed by atoms with E-state index in [1.165, 1.54) is 17.7 Å². The van der Waals surface area contributed by atoms with Crippen molar-refractivity contribution in [1.29, 1.82) is 0 Å². The molecule has 2 heterocycles. The molecule has 2 aromatic rings. The molecule has 3 rings (SSSR count). The molecule has 0 spiro atoms. The van der Waals surface area contributed by atoms with Gasteiger partial charge in [-0.2, -0.15) is 11.3 Å². The van der Waals surface area contributed by atoms with Gasteiger partial charge in [-0.25, -0.2) is 17.5 Å². The van der Waals surface area contributed by atoms with Crippen LogP contribution in [0.25, 0.3) is 0 Å². The maximum Gasteiger partial charge on any atom is 0.240 e. The quantitative estimate of drug-likeness (QED) is 0.721. The number of nitrogens with zero attached hydrogens (tertiary/aromatic N) is 1. The zero-order valence-corrected chi connectivity index (χ0v) is 17.0. The average Bonchev–Trinajstić information content (AvgIpc) is 3.16. The summed E-state index contributed by atoms with van der Waals surface area (Å²) in [5.41, 5.74) is 1.33. The monoisotopic (exact) mass is 412 g/mol. The second kappa shape index (κ2) is 9.14. The predicted molar refractivity (Wildman–Crippen MR) is 105 cm³/mol. The van der Waals surface area contributed by atoms with E-state index < -0.39 is 15.8 Å². The fourth-order valence-electron chi connectivity index (χ4n) is 3.22. The lowest BCUT2D eigenvalue weighted by Gasteiger charge is -2.31. The minimum Gasteiger partial charge on any atom is -0.491 e. The van der Waals surface area contributed by atoms with Crippen molar-refractivity contribution in [2.75, 3.05) is 26.2 Å². The lowest BCUT2D eigenvalue weighted by Crippen LogP contribution is -2.38. The summed E-state index contributed by atoms with van der Waals surface area (Å²) in [5.74, 6) is -0.304. The number of hydrogen-bond acceptors (Lipinski definition) is 5. The number of ether oxygens (including phenoxy) is 1. The van der Waals surface area contributed by atoms with Crippen molar-refractivity contribution in [1.82, 2.24) is 9.62 Å². The van der Waals surface area contributed by atoms with Gasteiger partial charge in [-0.15, -0.1) is 0 Å². The summed E-state index contributed by atoms with van der Waals surface area (Å²) in [7, 11) is -3.73. The second-order valence-electron chi connectivity index (χ2n) is 6.73. The van der Waals surface area contributed by atoms with Crippen molar-refractivity contribution < 1.29 is 17.5 Å². The molecule has 148 valence electrons. The molecular formula is C19H25FN2O3S2. The lowest BCUT2D eigenvalue weighted by molar-refractivity contribution is 0.179. The number of piperidine rings is 1. The highest BCUT2D eigenvalue weighted by atomic mass is 32.2. The number of benzene rings is 1. The van der Waals surface area contributed by atoms with Crippen molar-refractivity contribution in [3.05, 3.63) is 46.4 Å². The normalized spacial score (nSPS) is 16.5. The number of sulfonamides is 1. The third-order valence-electron chi connectivity index (χ3n) is 4.77. The van der Waals surface area contributed by atoms with Crippen LogP contribution in [0, 0.1) is 11.7 Å². The van der Waals surface area contributed by atoms with Crippen molar-refractivity contribution in [2.45, 2.75) is 31.2 Å². The van der Waals surface area contributed by atoms with Gasteiger partial charge in [0.25, 0.3) is 0 Å². The van der Waals surface area contributed by atoms with Gasteiger partial charge >= 0.3 is 0 Å². The Kier molecular flexibility index (Phi) is 6.86. The molecule has 1 N–H and O–H groups in total. The minimum atomic E-state index is -3.73. The Morgan fingerprint density at radius 1 is 1.30 bits per heavy atom. The van der Waals surface area contributed by atoms with Crippen LogP contribution in [0.1, 0.15) is 25.3 Å². The van der Waals surface area contributed by atoms with Crippen LogP contribution in [0.3, 0.4) is 0 Å². The summed E-state index contributed by atoms with van der Waals surface area (Å²) in [6.07, 6.45) is 1.90. The molecule has 1 fully saturated rings. The predicted octanol–water partition coefficient (Wildman–Crippen LogP) is 3.48. The van der Waals surface area contributed by atoms with E-state index >= 15 is 0 Å². The van der Waals surface area contributed by atoms with Gasteiger partial charge in [-0.05, 0) is 79.4 Å². The topological polar surface area (TPSA) is 58.6 Å². The molecule has 5 nitrogen and oxygen atoms in total. The van der Waals surface area contributed by atoms with Crippen molar-refractivity contribution in [3.63, 3.8) is 0 Å². The lowest BCUT2D eigenvalue weighted by atomic mass is 9.97. The van der Waals surface area contributed by atoms with Gasteiger partial charge in [0.05, 0.1) is 11.5 Å². The Balaban J connectivity index is 1.50. The molecule has 0 unspecified atom stereocenters. The summed E-state index contributed by atoms with van der Waals surface area (Å²) in [6, 6.07) is 5.88. The Hall–Kier alpha value is -1.48. The zero-order chi connectivity index (χ0) is 19.3. The molecule has 0 atom stereocenters. The molecule has 1 aliphatic rings. The molecular weight excluding hydrogens is 387 g/mol. The first-order valence-electron chi connectivity index (χ1n) is 9.13. The van der Waals surface area contributed by atoms with E-state index in [0.29, 0.717) is 19.1 Å². The Bertz CT molecular complexity index is 833. The van der Waals surface area contributed by atoms with E-state index in [9.17, 15) is 12.8 Å². The van der Waals surface area contributed by atoms with Gasteiger partial charge in [0.2, 0.25) is 10.0 Å². The van der Waals surface area contributed by atoms with Crippen LogP contribution in [-0.2, 0) is 16.6 Å². The van der Waals surface area contributed by atoms with Crippen LogP contribution in [-0.4, -0.2) is 39.6 Å². The molecule has 27 heavy (non-hydrogen) atoms. The van der Waals surface area contributed by atoms with Crippen LogP contribution in [0.4, 0.5) is 4.39 Å². The fourth-order valence-corrected chi connectivity index (χ4v) is 5.01. The highest BCUT2D eigenvalue weighted by molar-refractivity contribution is 7.89. The van der Waals surface area contributed by atoms with Gasteiger partial charge in [-0.1, -0.05) is 0 Å². The number of likely N-dealkylation sites (tertiary alicyclic amines) is 1. The third kappa shape index (κ3) is 5.51. The Morgan fingerprint density at radius 3 is 2.70 bits per heavy atom. The summed E-state index contributed by atoms with van der Waals surface area (Å²) >= 11 is 1.70. The smallest absolute Gasteiger partial charge is 0.240 e. The van der Waals surface area contributed by atoms with E-state index in [2.05, 4.69) is 26.4 Å². The van der Waals surface area contributed by atoms with Crippen LogP contribution >= 0.6 is 11.3 Å². The van der Waals surface area contributed by atoms with E-state index in [1.54, 1.807) is 18.3 Å². The van der Waals surface area contributed by atoms with E-state index in [-0.39, 0.29) is 10.6 Å². The summed E-state index contributed by atoms with van der Waals surface area (Å²) in [4.78, 5) is 2.33. The second-order valence-corrected chi connectivity index (χ2v) is 9.28. The van der Waals surface area contributed by atoms with Crippen molar-refractivity contribution >= 4 is 21.4 Å². The van der Waals surface area contributed by atoms with Crippen molar-refractivity contribution in [3.8, 4) is 5.75 Å². The summed E-state index contributed by atoms with van der Waals surface area (Å²) in [5, 5.41) is 4.25. The molecule has 1 aliphatic heterocycles. The Morgan fingerprint density at radius 2 is 2.07 bits per heavy atom. The molecule has 0 saturated carbocycles. The van der Waals surface area contributed by atoms with Gasteiger partial charge in [-0.3, -0.25) is 4.90 Å². The number of nitrogens with one attached hydrogen (secondary N) is 1. The molecule has 0 aliphatic carbocycles. The zero-order valence-electron chi connectivity index (χ0n) is 15.4. The molecule has 8 heteroatoms. The van der Waals surface area contributed by atoms with Gasteiger partial charge in [0.1, 0.15) is 0 Å². The summed E-state index contributed by atoms with van der Waals surface area (Å²) < 4.78 is 46.6. The van der Waals surface area contributed by atoms with Crippen LogP contribution in [0.15, 0.2) is 39.9 Å². The van der Waals surface area contributed by atoms with Crippen LogP contribution in [0.5, 0.6) is 5.75 Å². The molecule has 0 amide bonds. The number of rotatable bonds is 8. The fraction of sp³-hybridized carbons (Fsp3) is 0.474. The first-order chi connectivity index (χ1) is 13.0. The Labute approximate surface area is 164 Å². The first kappa shape index (κ1) is 20.3. The molecule has 0 bridgehead atoms. The van der Waals surface area contributed by atoms with Gasteiger partial charge < -0.3 is 4.74 Å². The molecule has 1 saturated heterocycles. The van der Waals surface area contributed by atoms with Crippen LogP contribution < -0.4 is 9.46 Å². The minimum absolute atomic E-state index is 0.0643. The van der Waals surface area contributed by atoms with Crippen LogP contribution in [0.2, 0.25) is 0 Å². The van der Waals surface area contributed by atoms with E-state index in [0.717, 1.165) is 38.5 Å². The van der Waals surface area contributed by atoms with E-state index in [1.807, 2.05) is 0 Å². The largest absolute Gasteiger partial charge is 0.491 e. The van der Waals surface area contributed by atoms with Gasteiger partial charge in [0, 0.05) is 13.1 Å². The number of halogens is 1. The molecule has 1 aromatic heterocycles. The maximum atomic E-state index is 13.9. The SMILES string of the molecule is CCOc1ccc(S(=O)(=O)NCC2CCN(Cc3ccsc3)CC2)cc1F. The first-order valence-corrected chi connectivity index (χ1v) is 11.6.